The van der Waals surface area contributed by atoms with Gasteiger partial charge in [0, 0.05) is 25.0 Å². The lowest BCUT2D eigenvalue weighted by Crippen LogP contribution is -2.13. The summed E-state index contributed by atoms with van der Waals surface area (Å²) in [6, 6.07) is 4.40. The van der Waals surface area contributed by atoms with Crippen LogP contribution in [-0.4, -0.2) is 22.0 Å². The largest absolute Gasteiger partial charge is 0.335 e. The van der Waals surface area contributed by atoms with E-state index in [9.17, 15) is 9.18 Å². The topological polar surface area (TPSA) is 72.9 Å². The molecular weight excluding hydrogens is 247 g/mol. The van der Waals surface area contributed by atoms with Crippen molar-refractivity contribution in [1.82, 2.24) is 9.55 Å². The molecular formula is C13H15FN4O. The number of carbonyl (C=O) groups is 1. The molecule has 0 aliphatic heterocycles. The van der Waals surface area contributed by atoms with Gasteiger partial charge in [-0.25, -0.2) is 9.37 Å². The van der Waals surface area contributed by atoms with Crippen LogP contribution in [0.15, 0.2) is 30.7 Å². The summed E-state index contributed by atoms with van der Waals surface area (Å²) >= 11 is 0. The monoisotopic (exact) mass is 262 g/mol. The third-order valence-corrected chi connectivity index (χ3v) is 2.67. The summed E-state index contributed by atoms with van der Waals surface area (Å²) in [4.78, 5) is 15.9. The van der Waals surface area contributed by atoms with Gasteiger partial charge in [-0.1, -0.05) is 0 Å². The fourth-order valence-corrected chi connectivity index (χ4v) is 1.67. The Morgan fingerprint density at radius 1 is 1.53 bits per heavy atom. The Hall–Kier alpha value is -2.21. The van der Waals surface area contributed by atoms with E-state index in [1.165, 1.54) is 12.1 Å². The smallest absolute Gasteiger partial charge is 0.275 e. The molecule has 6 heteroatoms. The standard InChI is InChI=1S/C13H15FN4O/c1-9-6-10(2-3-11(9)14)17-13(19)12-7-18(5-4-15)8-16-12/h2-3,6-8H,4-5,15H2,1H3,(H,17,19). The number of carbonyl (C=O) groups excluding carboxylic acids is 1. The van der Waals surface area contributed by atoms with E-state index in [0.717, 1.165) is 0 Å². The van der Waals surface area contributed by atoms with Crippen LogP contribution in [-0.2, 0) is 6.54 Å². The molecule has 0 radical (unpaired) electrons. The first-order chi connectivity index (χ1) is 9.10. The van der Waals surface area contributed by atoms with Crippen molar-refractivity contribution in [2.75, 3.05) is 11.9 Å². The Kier molecular flexibility index (Phi) is 3.91. The summed E-state index contributed by atoms with van der Waals surface area (Å²) in [6.07, 6.45) is 3.18. The molecule has 1 aromatic heterocycles. The van der Waals surface area contributed by atoms with Crippen molar-refractivity contribution in [2.45, 2.75) is 13.5 Å². The normalized spacial score (nSPS) is 10.5. The van der Waals surface area contributed by atoms with E-state index in [1.54, 1.807) is 30.1 Å². The molecule has 0 saturated carbocycles. The van der Waals surface area contributed by atoms with Crippen molar-refractivity contribution in [1.29, 1.82) is 0 Å². The molecule has 0 fully saturated rings. The highest BCUT2D eigenvalue weighted by atomic mass is 19.1. The summed E-state index contributed by atoms with van der Waals surface area (Å²) in [5.74, 6) is -0.632. The highest BCUT2D eigenvalue weighted by Gasteiger charge is 2.10. The molecule has 3 N–H and O–H groups in total. The van der Waals surface area contributed by atoms with Crippen molar-refractivity contribution in [3.63, 3.8) is 0 Å². The van der Waals surface area contributed by atoms with Gasteiger partial charge in [-0.2, -0.15) is 0 Å². The van der Waals surface area contributed by atoms with E-state index < -0.39 is 0 Å². The number of nitrogens with two attached hydrogens (primary N) is 1. The first-order valence-corrected chi connectivity index (χ1v) is 5.89. The minimum absolute atomic E-state index is 0.301. The van der Waals surface area contributed by atoms with E-state index in [1.807, 2.05) is 0 Å². The number of nitrogens with zero attached hydrogens (tertiary/aromatic N) is 2. The first kappa shape index (κ1) is 13.2. The molecule has 0 spiro atoms. The Morgan fingerprint density at radius 3 is 3.00 bits per heavy atom. The number of halogens is 1. The molecule has 1 heterocycles. The van der Waals surface area contributed by atoms with Crippen molar-refractivity contribution in [2.24, 2.45) is 5.73 Å². The molecule has 1 amide bonds. The average Bonchev–Trinajstić information content (AvgIpc) is 2.83. The molecule has 100 valence electrons. The van der Waals surface area contributed by atoms with Crippen molar-refractivity contribution in [3.05, 3.63) is 47.8 Å². The maximum atomic E-state index is 13.1. The van der Waals surface area contributed by atoms with Gasteiger partial charge in [-0.3, -0.25) is 4.79 Å². The molecule has 0 aliphatic rings. The molecule has 5 nitrogen and oxygen atoms in total. The maximum Gasteiger partial charge on any atom is 0.275 e. The molecule has 2 rings (SSSR count). The maximum absolute atomic E-state index is 13.1. The second-order valence-electron chi connectivity index (χ2n) is 4.20. The van der Waals surface area contributed by atoms with Crippen molar-refractivity contribution < 1.29 is 9.18 Å². The highest BCUT2D eigenvalue weighted by molar-refractivity contribution is 6.02. The minimum Gasteiger partial charge on any atom is -0.335 e. The van der Waals surface area contributed by atoms with Gasteiger partial charge in [-0.15, -0.1) is 0 Å². The minimum atomic E-state index is -0.332. The number of rotatable bonds is 4. The van der Waals surface area contributed by atoms with Gasteiger partial charge in [-0.05, 0) is 30.7 Å². The molecule has 19 heavy (non-hydrogen) atoms. The molecule has 0 atom stereocenters. The fraction of sp³-hybridized carbons (Fsp3) is 0.231. The van der Waals surface area contributed by atoms with Crippen LogP contribution in [0.2, 0.25) is 0 Å². The van der Waals surface area contributed by atoms with Gasteiger partial charge in [0.2, 0.25) is 0 Å². The van der Waals surface area contributed by atoms with Gasteiger partial charge >= 0.3 is 0 Å². The third-order valence-electron chi connectivity index (χ3n) is 2.67. The van der Waals surface area contributed by atoms with Crippen LogP contribution in [0.4, 0.5) is 10.1 Å². The zero-order valence-electron chi connectivity index (χ0n) is 10.6. The Bertz CT molecular complexity index is 594. The van der Waals surface area contributed by atoms with Crippen LogP contribution in [0.5, 0.6) is 0 Å². The predicted molar refractivity (Wildman–Crippen MR) is 70.4 cm³/mol. The van der Waals surface area contributed by atoms with Gasteiger partial charge in [0.25, 0.3) is 5.91 Å². The van der Waals surface area contributed by atoms with Crippen molar-refractivity contribution in [3.8, 4) is 0 Å². The predicted octanol–water partition coefficient (Wildman–Crippen LogP) is 1.54. The summed E-state index contributed by atoms with van der Waals surface area (Å²) < 4.78 is 14.8. The van der Waals surface area contributed by atoms with E-state index in [2.05, 4.69) is 10.3 Å². The number of nitrogens with one attached hydrogen (secondary N) is 1. The van der Waals surface area contributed by atoms with Crippen LogP contribution in [0.3, 0.4) is 0 Å². The van der Waals surface area contributed by atoms with Gasteiger partial charge in [0.1, 0.15) is 11.5 Å². The zero-order chi connectivity index (χ0) is 13.8. The lowest BCUT2D eigenvalue weighted by molar-refractivity contribution is 0.102. The molecule has 1 aromatic carbocycles. The SMILES string of the molecule is Cc1cc(NC(=O)c2cn(CCN)cn2)ccc1F. The van der Waals surface area contributed by atoms with Gasteiger partial charge in [0.05, 0.1) is 6.33 Å². The number of imidazole rings is 1. The van der Waals surface area contributed by atoms with E-state index in [-0.39, 0.29) is 11.7 Å². The number of benzene rings is 1. The first-order valence-electron chi connectivity index (χ1n) is 5.89. The summed E-state index contributed by atoms with van der Waals surface area (Å²) in [7, 11) is 0. The lowest BCUT2D eigenvalue weighted by Gasteiger charge is -2.04. The van der Waals surface area contributed by atoms with Crippen molar-refractivity contribution >= 4 is 11.6 Å². The van der Waals surface area contributed by atoms with Crippen LogP contribution >= 0.6 is 0 Å². The van der Waals surface area contributed by atoms with E-state index >= 15 is 0 Å². The zero-order valence-corrected chi connectivity index (χ0v) is 10.6. The highest BCUT2D eigenvalue weighted by Crippen LogP contribution is 2.14. The third kappa shape index (κ3) is 3.17. The van der Waals surface area contributed by atoms with Crippen LogP contribution in [0.1, 0.15) is 16.1 Å². The van der Waals surface area contributed by atoms with E-state index in [0.29, 0.717) is 30.0 Å². The van der Waals surface area contributed by atoms with E-state index in [4.69, 9.17) is 5.73 Å². The second-order valence-corrected chi connectivity index (χ2v) is 4.20. The summed E-state index contributed by atoms with van der Waals surface area (Å²) in [5.41, 5.74) is 6.73. The Labute approximate surface area is 110 Å². The number of aromatic nitrogens is 2. The number of anilines is 1. The van der Waals surface area contributed by atoms with Crippen LogP contribution in [0.25, 0.3) is 0 Å². The molecule has 0 aliphatic carbocycles. The van der Waals surface area contributed by atoms with Crippen LogP contribution < -0.4 is 11.1 Å². The summed E-state index contributed by atoms with van der Waals surface area (Å²) in [5, 5.41) is 2.67. The number of hydrogen-bond donors (Lipinski definition) is 2. The number of hydrogen-bond acceptors (Lipinski definition) is 3. The quantitative estimate of drug-likeness (QED) is 0.877. The fourth-order valence-electron chi connectivity index (χ4n) is 1.67. The average molecular weight is 262 g/mol. The molecule has 0 unspecified atom stereocenters. The molecule has 0 saturated heterocycles. The number of amides is 1. The Morgan fingerprint density at radius 2 is 2.32 bits per heavy atom. The van der Waals surface area contributed by atoms with Gasteiger partial charge in [0.15, 0.2) is 0 Å². The molecule has 2 aromatic rings. The molecule has 0 bridgehead atoms. The number of aryl methyl sites for hydroxylation is 1. The Balaban J connectivity index is 2.09. The van der Waals surface area contributed by atoms with Crippen LogP contribution in [0, 0.1) is 12.7 Å². The van der Waals surface area contributed by atoms with Gasteiger partial charge < -0.3 is 15.6 Å². The summed E-state index contributed by atoms with van der Waals surface area (Å²) in [6.45, 7) is 2.73. The second kappa shape index (κ2) is 5.62. The lowest BCUT2D eigenvalue weighted by atomic mass is 10.2.